The number of nitrogens with zero attached hydrogens (tertiary/aromatic N) is 1. The summed E-state index contributed by atoms with van der Waals surface area (Å²) in [5.74, 6) is 0.987. The van der Waals surface area contributed by atoms with Gasteiger partial charge in [0.05, 0.1) is 31.7 Å². The number of hydrogen-bond donors (Lipinski definition) is 1. The lowest BCUT2D eigenvalue weighted by Crippen LogP contribution is -3.14. The topological polar surface area (TPSA) is 34.0 Å². The van der Waals surface area contributed by atoms with Crippen LogP contribution in [0, 0.1) is 5.92 Å². The fourth-order valence-corrected chi connectivity index (χ4v) is 4.62. The normalized spacial score (nSPS) is 24.5. The predicted molar refractivity (Wildman–Crippen MR) is 107 cm³/mol. The second-order valence-electron chi connectivity index (χ2n) is 8.46. The van der Waals surface area contributed by atoms with Crippen molar-refractivity contribution in [3.63, 3.8) is 0 Å². The largest absolute Gasteiger partial charge is 0.370 e. The van der Waals surface area contributed by atoms with Crippen molar-refractivity contribution < 1.29 is 14.4 Å². The van der Waals surface area contributed by atoms with Gasteiger partial charge in [-0.1, -0.05) is 42.5 Å². The molecule has 0 unspecified atom stereocenters. The number of carbonyl (C=O) groups excluding carboxylic acids is 1. The molecule has 2 aliphatic carbocycles. The number of nitrogens with one attached hydrogen (secondary N) is 1. The van der Waals surface area contributed by atoms with Crippen molar-refractivity contribution in [1.29, 1.82) is 0 Å². The molecule has 0 aromatic heterocycles. The third-order valence-corrected chi connectivity index (χ3v) is 6.56. The first-order valence-corrected chi connectivity index (χ1v) is 10.7. The summed E-state index contributed by atoms with van der Waals surface area (Å²) in [6.45, 7) is 6.68. The molecule has 146 valence electrons. The molecule has 4 nitrogen and oxygen atoms in total. The van der Waals surface area contributed by atoms with Gasteiger partial charge in [0.15, 0.2) is 0 Å². The lowest BCUT2D eigenvalue weighted by atomic mass is 9.91. The summed E-state index contributed by atoms with van der Waals surface area (Å²) in [7, 11) is 0. The van der Waals surface area contributed by atoms with Crippen LogP contribution in [0.25, 0.3) is 0 Å². The number of morpholine rings is 1. The van der Waals surface area contributed by atoms with E-state index in [2.05, 4.69) is 41.3 Å². The Labute approximate surface area is 163 Å². The molecule has 1 saturated carbocycles. The predicted octanol–water partition coefficient (Wildman–Crippen LogP) is 1.82. The van der Waals surface area contributed by atoms with Crippen LogP contribution in [-0.2, 0) is 14.9 Å². The Bertz CT molecular complexity index is 648. The first kappa shape index (κ1) is 18.7. The maximum Gasteiger partial charge on any atom is 0.233 e. The van der Waals surface area contributed by atoms with Gasteiger partial charge in [0, 0.05) is 6.54 Å². The highest BCUT2D eigenvalue weighted by atomic mass is 16.5. The Morgan fingerprint density at radius 2 is 1.93 bits per heavy atom. The van der Waals surface area contributed by atoms with E-state index in [1.54, 1.807) is 4.90 Å². The van der Waals surface area contributed by atoms with E-state index in [1.165, 1.54) is 12.0 Å². The summed E-state index contributed by atoms with van der Waals surface area (Å²) in [6.07, 6.45) is 10.1. The highest BCUT2D eigenvalue weighted by Crippen LogP contribution is 2.49. The third kappa shape index (κ3) is 4.44. The molecule has 0 bridgehead atoms. The molecule has 1 atom stereocenters. The van der Waals surface area contributed by atoms with E-state index in [9.17, 15) is 4.79 Å². The second-order valence-corrected chi connectivity index (χ2v) is 8.46. The summed E-state index contributed by atoms with van der Waals surface area (Å²) in [5, 5.41) is 0. The lowest BCUT2D eigenvalue weighted by Gasteiger charge is -2.33. The minimum atomic E-state index is -0.244. The van der Waals surface area contributed by atoms with Crippen molar-refractivity contribution in [1.82, 2.24) is 4.90 Å². The van der Waals surface area contributed by atoms with Gasteiger partial charge in [-0.15, -0.1) is 0 Å². The molecule has 0 radical (unpaired) electrons. The van der Waals surface area contributed by atoms with Crippen molar-refractivity contribution in [3.05, 3.63) is 48.0 Å². The third-order valence-electron chi connectivity index (χ3n) is 6.56. The number of quaternary nitrogens is 1. The van der Waals surface area contributed by atoms with Gasteiger partial charge < -0.3 is 14.5 Å². The first-order chi connectivity index (χ1) is 13.3. The van der Waals surface area contributed by atoms with Gasteiger partial charge in [-0.2, -0.15) is 0 Å². The van der Waals surface area contributed by atoms with Gasteiger partial charge in [-0.25, -0.2) is 0 Å². The quantitative estimate of drug-likeness (QED) is 0.744. The summed E-state index contributed by atoms with van der Waals surface area (Å²) in [4.78, 5) is 17.4. The highest BCUT2D eigenvalue weighted by Gasteiger charge is 2.53. The van der Waals surface area contributed by atoms with Crippen LogP contribution in [0.5, 0.6) is 0 Å². The molecule has 1 heterocycles. The van der Waals surface area contributed by atoms with Crippen molar-refractivity contribution >= 4 is 5.91 Å². The van der Waals surface area contributed by atoms with E-state index in [4.69, 9.17) is 4.74 Å². The summed E-state index contributed by atoms with van der Waals surface area (Å²) in [6, 6.07) is 10.4. The van der Waals surface area contributed by atoms with Gasteiger partial charge in [0.1, 0.15) is 13.1 Å². The smallest absolute Gasteiger partial charge is 0.233 e. The van der Waals surface area contributed by atoms with Gasteiger partial charge >= 0.3 is 0 Å². The zero-order chi connectivity index (χ0) is 18.5. The van der Waals surface area contributed by atoms with E-state index < -0.39 is 0 Å². The molecule has 1 aliphatic heterocycles. The van der Waals surface area contributed by atoms with E-state index in [0.29, 0.717) is 11.8 Å². The number of benzene rings is 1. The van der Waals surface area contributed by atoms with Crippen molar-refractivity contribution in [2.24, 2.45) is 5.92 Å². The fraction of sp³-hybridized carbons (Fsp3) is 0.609. The van der Waals surface area contributed by atoms with Crippen LogP contribution in [0.15, 0.2) is 42.5 Å². The van der Waals surface area contributed by atoms with E-state index in [1.807, 2.05) is 6.07 Å². The molecule has 4 heteroatoms. The van der Waals surface area contributed by atoms with Crippen molar-refractivity contribution in [2.75, 3.05) is 45.9 Å². The molecule has 0 spiro atoms. The average Bonchev–Trinajstić information content (AvgIpc) is 3.55. The molecular formula is C23H33N2O2+. The van der Waals surface area contributed by atoms with Crippen LogP contribution in [0.2, 0.25) is 0 Å². The molecular weight excluding hydrogens is 336 g/mol. The Morgan fingerprint density at radius 1 is 1.15 bits per heavy atom. The number of rotatable bonds is 7. The fourth-order valence-electron chi connectivity index (χ4n) is 4.62. The van der Waals surface area contributed by atoms with Gasteiger partial charge in [-0.3, -0.25) is 4.79 Å². The summed E-state index contributed by atoms with van der Waals surface area (Å²) < 4.78 is 5.49. The number of carbonyl (C=O) groups is 1. The number of hydrogen-bond acceptors (Lipinski definition) is 2. The Hall–Kier alpha value is -1.65. The molecule has 1 N–H and O–H groups in total. The molecule has 4 rings (SSSR count). The molecule has 27 heavy (non-hydrogen) atoms. The molecule has 2 fully saturated rings. The number of allylic oxidation sites excluding steroid dienone is 2. The van der Waals surface area contributed by atoms with Crippen LogP contribution in [0.3, 0.4) is 0 Å². The summed E-state index contributed by atoms with van der Waals surface area (Å²) >= 11 is 0. The first-order valence-electron chi connectivity index (χ1n) is 10.7. The van der Waals surface area contributed by atoms with Gasteiger partial charge in [-0.05, 0) is 43.6 Å². The van der Waals surface area contributed by atoms with E-state index in [-0.39, 0.29) is 5.41 Å². The monoisotopic (exact) mass is 369 g/mol. The molecule has 1 aromatic rings. The van der Waals surface area contributed by atoms with Crippen LogP contribution < -0.4 is 4.90 Å². The average molecular weight is 370 g/mol. The minimum Gasteiger partial charge on any atom is -0.370 e. The van der Waals surface area contributed by atoms with Crippen molar-refractivity contribution in [2.45, 2.75) is 37.5 Å². The Kier molecular flexibility index (Phi) is 5.94. The van der Waals surface area contributed by atoms with E-state index in [0.717, 1.165) is 71.6 Å². The number of amides is 1. The molecule has 1 amide bonds. The van der Waals surface area contributed by atoms with Crippen LogP contribution in [0.1, 0.15) is 37.7 Å². The molecule has 1 saturated heterocycles. The highest BCUT2D eigenvalue weighted by molar-refractivity contribution is 5.91. The maximum absolute atomic E-state index is 13.6. The zero-order valence-corrected chi connectivity index (χ0v) is 16.4. The second kappa shape index (κ2) is 8.57. The Balaban J connectivity index is 1.46. The molecule has 1 aromatic carbocycles. The lowest BCUT2D eigenvalue weighted by molar-refractivity contribution is -0.907. The standard InChI is InChI=1S/C23H32N2O2/c26-22(23(11-12-23)21-9-5-2-6-10-21)25(19-20-7-3-1-4-8-20)14-13-24-15-17-27-18-16-24/h1-3,5-6,9-10,20H,4,7-8,11-19H2/p+1/t20-/m1/s1. The SMILES string of the molecule is O=C(N(CC[NH+]1CCOCC1)C[C@@H]1CC=CCC1)C1(c2ccccc2)CC1. The van der Waals surface area contributed by atoms with Crippen LogP contribution in [0.4, 0.5) is 0 Å². The number of ether oxygens (including phenoxy) is 1. The molecule has 3 aliphatic rings. The Morgan fingerprint density at radius 3 is 2.59 bits per heavy atom. The van der Waals surface area contributed by atoms with Gasteiger partial charge in [0.2, 0.25) is 5.91 Å². The van der Waals surface area contributed by atoms with Crippen LogP contribution >= 0.6 is 0 Å². The van der Waals surface area contributed by atoms with Gasteiger partial charge in [0.25, 0.3) is 0 Å². The van der Waals surface area contributed by atoms with E-state index >= 15 is 0 Å². The minimum absolute atomic E-state index is 0.244. The van der Waals surface area contributed by atoms with Crippen LogP contribution in [-0.4, -0.2) is 56.7 Å². The van der Waals surface area contributed by atoms with Crippen molar-refractivity contribution in [3.8, 4) is 0 Å². The zero-order valence-electron chi connectivity index (χ0n) is 16.4. The maximum atomic E-state index is 13.6. The summed E-state index contributed by atoms with van der Waals surface area (Å²) in [5.41, 5.74) is 0.966.